The van der Waals surface area contributed by atoms with Crippen molar-refractivity contribution in [2.75, 3.05) is 5.32 Å². The van der Waals surface area contributed by atoms with Crippen LogP contribution in [0.4, 0.5) is 5.69 Å². The highest BCUT2D eigenvalue weighted by molar-refractivity contribution is 7.90. The highest BCUT2D eigenvalue weighted by Gasteiger charge is 2.28. The largest absolute Gasteiger partial charge is 0.454 e. The molecule has 0 spiro atoms. The Bertz CT molecular complexity index is 1210. The van der Waals surface area contributed by atoms with E-state index in [1.54, 1.807) is 36.4 Å². The number of benzene rings is 3. The number of nitrogens with one attached hydrogen (secondary N) is 2. The van der Waals surface area contributed by atoms with E-state index in [4.69, 9.17) is 16.3 Å². The second-order valence-electron chi connectivity index (χ2n) is 6.54. The van der Waals surface area contributed by atoms with Gasteiger partial charge in [0.15, 0.2) is 5.75 Å². The molecule has 0 saturated carbocycles. The van der Waals surface area contributed by atoms with Crippen molar-refractivity contribution in [3.63, 3.8) is 0 Å². The molecule has 0 radical (unpaired) electrons. The SMILES string of the molecule is Cc1cccc(CNC2=NS(=O)(=O)c3cccc(Oc4ccccc4Cl)c3N2)c1. The minimum Gasteiger partial charge on any atom is -0.454 e. The topological polar surface area (TPSA) is 79.8 Å². The van der Waals surface area contributed by atoms with Crippen LogP contribution in [0, 0.1) is 6.92 Å². The van der Waals surface area contributed by atoms with Gasteiger partial charge >= 0.3 is 0 Å². The molecule has 29 heavy (non-hydrogen) atoms. The Kier molecular flexibility index (Phi) is 5.17. The van der Waals surface area contributed by atoms with Gasteiger partial charge in [0.05, 0.1) is 5.02 Å². The van der Waals surface area contributed by atoms with Gasteiger partial charge in [-0.05, 0) is 36.8 Å². The first kappa shape index (κ1) is 19.3. The van der Waals surface area contributed by atoms with Crippen LogP contribution in [0.15, 0.2) is 76.0 Å². The van der Waals surface area contributed by atoms with Crippen molar-refractivity contribution in [3.05, 3.63) is 82.9 Å². The van der Waals surface area contributed by atoms with Crippen LogP contribution in [0.5, 0.6) is 11.5 Å². The fourth-order valence-corrected chi connectivity index (χ4v) is 4.26. The number of ether oxygens (including phenoxy) is 1. The number of halogens is 1. The lowest BCUT2D eigenvalue weighted by Gasteiger charge is -2.22. The van der Waals surface area contributed by atoms with Crippen molar-refractivity contribution < 1.29 is 13.2 Å². The molecule has 0 amide bonds. The van der Waals surface area contributed by atoms with Gasteiger partial charge in [0.1, 0.15) is 16.3 Å². The molecule has 3 aromatic rings. The van der Waals surface area contributed by atoms with Gasteiger partial charge in [-0.2, -0.15) is 8.42 Å². The minimum absolute atomic E-state index is 0.0446. The molecule has 0 fully saturated rings. The first-order chi connectivity index (χ1) is 13.9. The number of para-hydroxylation sites is 2. The number of fused-ring (bicyclic) bond motifs is 1. The minimum atomic E-state index is -3.88. The third kappa shape index (κ3) is 4.21. The Morgan fingerprint density at radius 1 is 1.03 bits per heavy atom. The Hall–Kier alpha value is -3.03. The van der Waals surface area contributed by atoms with Crippen LogP contribution in [0.3, 0.4) is 0 Å². The normalized spacial score (nSPS) is 14.3. The van der Waals surface area contributed by atoms with Gasteiger partial charge in [-0.1, -0.05) is 59.6 Å². The van der Waals surface area contributed by atoms with Crippen LogP contribution in [0.2, 0.25) is 5.02 Å². The van der Waals surface area contributed by atoms with Crippen LogP contribution >= 0.6 is 11.6 Å². The smallest absolute Gasteiger partial charge is 0.287 e. The molecular weight excluding hydrogens is 410 g/mol. The molecule has 148 valence electrons. The molecule has 3 aromatic carbocycles. The van der Waals surface area contributed by atoms with Crippen molar-refractivity contribution >= 4 is 33.3 Å². The van der Waals surface area contributed by atoms with Crippen molar-refractivity contribution in [2.45, 2.75) is 18.4 Å². The molecule has 6 nitrogen and oxygen atoms in total. The van der Waals surface area contributed by atoms with E-state index in [1.165, 1.54) is 6.07 Å². The zero-order valence-corrected chi connectivity index (χ0v) is 17.1. The van der Waals surface area contributed by atoms with Gasteiger partial charge in [0.25, 0.3) is 10.0 Å². The summed E-state index contributed by atoms with van der Waals surface area (Å²) in [6, 6.07) is 19.7. The first-order valence-corrected chi connectivity index (χ1v) is 10.7. The number of guanidine groups is 1. The predicted molar refractivity (Wildman–Crippen MR) is 114 cm³/mol. The zero-order valence-electron chi connectivity index (χ0n) is 15.5. The van der Waals surface area contributed by atoms with Crippen molar-refractivity contribution in [2.24, 2.45) is 4.40 Å². The van der Waals surface area contributed by atoms with Gasteiger partial charge in [-0.15, -0.1) is 4.40 Å². The summed E-state index contributed by atoms with van der Waals surface area (Å²) in [4.78, 5) is 0.0446. The molecule has 0 aromatic heterocycles. The maximum absolute atomic E-state index is 12.7. The summed E-state index contributed by atoms with van der Waals surface area (Å²) >= 11 is 6.17. The van der Waals surface area contributed by atoms with Gasteiger partial charge in [0, 0.05) is 6.54 Å². The molecule has 4 rings (SSSR count). The summed E-state index contributed by atoms with van der Waals surface area (Å²) in [7, 11) is -3.88. The second kappa shape index (κ2) is 7.77. The summed E-state index contributed by atoms with van der Waals surface area (Å²) in [6.45, 7) is 2.42. The molecule has 0 saturated heterocycles. The third-order valence-electron chi connectivity index (χ3n) is 4.32. The van der Waals surface area contributed by atoms with Crippen molar-refractivity contribution in [1.29, 1.82) is 0 Å². The summed E-state index contributed by atoms with van der Waals surface area (Å²) in [5.41, 5.74) is 2.45. The van der Waals surface area contributed by atoms with Gasteiger partial charge in [-0.3, -0.25) is 0 Å². The highest BCUT2D eigenvalue weighted by Crippen LogP contribution is 2.39. The van der Waals surface area contributed by atoms with Crippen LogP contribution in [0.25, 0.3) is 0 Å². The Morgan fingerprint density at radius 3 is 2.59 bits per heavy atom. The van der Waals surface area contributed by atoms with Crippen LogP contribution in [-0.4, -0.2) is 14.4 Å². The quantitative estimate of drug-likeness (QED) is 0.630. The molecule has 1 aliphatic rings. The Morgan fingerprint density at radius 2 is 1.79 bits per heavy atom. The molecule has 1 aliphatic heterocycles. The number of nitrogens with zero attached hydrogens (tertiary/aromatic N) is 1. The molecule has 1 heterocycles. The standard InChI is InChI=1S/C21H18ClN3O3S/c1-14-6-4-7-15(12-14)13-23-21-24-20-18(28-17-9-3-2-8-16(17)22)10-5-11-19(20)29(26,27)25-21/h2-12H,13H2,1H3,(H2,23,24,25). The average Bonchev–Trinajstić information content (AvgIpc) is 2.68. The van der Waals surface area contributed by atoms with E-state index in [0.29, 0.717) is 28.8 Å². The molecule has 0 bridgehead atoms. The fourth-order valence-electron chi connectivity index (χ4n) is 2.98. The lowest BCUT2D eigenvalue weighted by molar-refractivity contribution is 0.483. The number of rotatable bonds is 4. The van der Waals surface area contributed by atoms with Crippen LogP contribution in [0.1, 0.15) is 11.1 Å². The number of hydrogen-bond acceptors (Lipinski definition) is 5. The van der Waals surface area contributed by atoms with E-state index in [1.807, 2.05) is 31.2 Å². The van der Waals surface area contributed by atoms with E-state index in [0.717, 1.165) is 11.1 Å². The zero-order chi connectivity index (χ0) is 20.4. The maximum Gasteiger partial charge on any atom is 0.287 e. The van der Waals surface area contributed by atoms with E-state index in [-0.39, 0.29) is 10.9 Å². The monoisotopic (exact) mass is 427 g/mol. The maximum atomic E-state index is 12.7. The lowest BCUT2D eigenvalue weighted by atomic mass is 10.1. The molecule has 2 N–H and O–H groups in total. The molecule has 0 unspecified atom stereocenters. The second-order valence-corrected chi connectivity index (χ2v) is 8.52. The number of hydrogen-bond donors (Lipinski definition) is 2. The summed E-state index contributed by atoms with van der Waals surface area (Å²) in [6.07, 6.45) is 0. The van der Waals surface area contributed by atoms with Crippen LogP contribution < -0.4 is 15.4 Å². The van der Waals surface area contributed by atoms with Gasteiger partial charge in [-0.25, -0.2) is 0 Å². The van der Waals surface area contributed by atoms with E-state index in [9.17, 15) is 8.42 Å². The molecule has 0 atom stereocenters. The number of aryl methyl sites for hydroxylation is 1. The number of sulfonamides is 1. The Labute approximate surface area is 174 Å². The number of anilines is 1. The molecule has 8 heteroatoms. The van der Waals surface area contributed by atoms with E-state index in [2.05, 4.69) is 15.0 Å². The predicted octanol–water partition coefficient (Wildman–Crippen LogP) is 4.70. The third-order valence-corrected chi connectivity index (χ3v) is 5.95. The van der Waals surface area contributed by atoms with E-state index < -0.39 is 10.0 Å². The highest BCUT2D eigenvalue weighted by atomic mass is 35.5. The molecular formula is C21H18ClN3O3S. The first-order valence-electron chi connectivity index (χ1n) is 8.89. The Balaban J connectivity index is 1.63. The van der Waals surface area contributed by atoms with E-state index >= 15 is 0 Å². The average molecular weight is 428 g/mol. The van der Waals surface area contributed by atoms with Gasteiger partial charge in [0.2, 0.25) is 5.96 Å². The van der Waals surface area contributed by atoms with Gasteiger partial charge < -0.3 is 15.4 Å². The van der Waals surface area contributed by atoms with Crippen molar-refractivity contribution in [1.82, 2.24) is 5.32 Å². The van der Waals surface area contributed by atoms with Crippen LogP contribution in [-0.2, 0) is 16.6 Å². The van der Waals surface area contributed by atoms with Crippen molar-refractivity contribution in [3.8, 4) is 11.5 Å². The summed E-state index contributed by atoms with van der Waals surface area (Å²) < 4.78 is 35.1. The summed E-state index contributed by atoms with van der Waals surface area (Å²) in [5.74, 6) is 0.900. The summed E-state index contributed by atoms with van der Waals surface area (Å²) in [5, 5.41) is 6.51. The fraction of sp³-hybridized carbons (Fsp3) is 0.0952. The molecule has 0 aliphatic carbocycles. The lowest BCUT2D eigenvalue weighted by Crippen LogP contribution is -2.34.